The summed E-state index contributed by atoms with van der Waals surface area (Å²) >= 11 is 0. The molecular formula is C11H20N4O2. The van der Waals surface area contributed by atoms with Crippen LogP contribution in [0.4, 0.5) is 0 Å². The molecule has 1 saturated carbocycles. The maximum atomic E-state index is 11.2. The van der Waals surface area contributed by atoms with Crippen LogP contribution in [0.25, 0.3) is 10.4 Å². The molecule has 1 aliphatic rings. The minimum Gasteiger partial charge on any atom is -0.480 e. The van der Waals surface area contributed by atoms with E-state index >= 15 is 0 Å². The molecule has 1 atom stereocenters. The second-order valence-corrected chi connectivity index (χ2v) is 4.48. The summed E-state index contributed by atoms with van der Waals surface area (Å²) in [5, 5.41) is 15.6. The summed E-state index contributed by atoms with van der Waals surface area (Å²) in [5.41, 5.74) is 8.14. The summed E-state index contributed by atoms with van der Waals surface area (Å²) in [7, 11) is 0. The van der Waals surface area contributed by atoms with Crippen molar-refractivity contribution < 1.29 is 9.90 Å². The molecule has 0 heterocycles. The minimum atomic E-state index is -0.794. The van der Waals surface area contributed by atoms with Gasteiger partial charge in [0.05, 0.1) is 0 Å². The molecule has 6 nitrogen and oxygen atoms in total. The van der Waals surface area contributed by atoms with Crippen LogP contribution in [-0.4, -0.2) is 30.2 Å². The Bertz CT molecular complexity index is 281. The zero-order valence-corrected chi connectivity index (χ0v) is 10.0. The lowest BCUT2D eigenvalue weighted by molar-refractivity contribution is -0.141. The van der Waals surface area contributed by atoms with Crippen LogP contribution in [0.1, 0.15) is 38.5 Å². The number of nitrogens with zero attached hydrogens (tertiary/aromatic N) is 3. The Morgan fingerprint density at radius 1 is 1.41 bits per heavy atom. The van der Waals surface area contributed by atoms with E-state index in [2.05, 4.69) is 15.3 Å². The lowest BCUT2D eigenvalue weighted by Crippen LogP contribution is -2.43. The van der Waals surface area contributed by atoms with E-state index in [0.29, 0.717) is 13.1 Å². The fraction of sp³-hybridized carbons (Fsp3) is 0.909. The molecule has 6 heteroatoms. The van der Waals surface area contributed by atoms with Gasteiger partial charge in [-0.1, -0.05) is 30.8 Å². The van der Waals surface area contributed by atoms with Crippen molar-refractivity contribution in [3.05, 3.63) is 10.4 Å². The molecule has 0 bridgehead atoms. The average molecular weight is 240 g/mol. The Kier molecular flexibility index (Phi) is 6.43. The van der Waals surface area contributed by atoms with Gasteiger partial charge in [0, 0.05) is 18.0 Å². The summed E-state index contributed by atoms with van der Waals surface area (Å²) in [4.78, 5) is 13.9. The second-order valence-electron chi connectivity index (χ2n) is 4.48. The van der Waals surface area contributed by atoms with Crippen molar-refractivity contribution in [3.63, 3.8) is 0 Å². The predicted octanol–water partition coefficient (Wildman–Crippen LogP) is 2.31. The Morgan fingerprint density at radius 3 is 2.59 bits per heavy atom. The van der Waals surface area contributed by atoms with Gasteiger partial charge in [0.25, 0.3) is 0 Å². The highest BCUT2D eigenvalue weighted by molar-refractivity contribution is 5.73. The number of hydrogen-bond donors (Lipinski definition) is 2. The second kappa shape index (κ2) is 7.92. The van der Waals surface area contributed by atoms with Gasteiger partial charge in [0.15, 0.2) is 0 Å². The van der Waals surface area contributed by atoms with E-state index < -0.39 is 12.0 Å². The van der Waals surface area contributed by atoms with Gasteiger partial charge in [-0.3, -0.25) is 4.79 Å². The Morgan fingerprint density at radius 2 is 2.06 bits per heavy atom. The molecule has 0 radical (unpaired) electrons. The van der Waals surface area contributed by atoms with E-state index in [1.165, 1.54) is 12.8 Å². The summed E-state index contributed by atoms with van der Waals surface area (Å²) in [6, 6.07) is -0.498. The maximum absolute atomic E-state index is 11.2. The van der Waals surface area contributed by atoms with Crippen LogP contribution in [0.15, 0.2) is 5.11 Å². The molecule has 1 rings (SSSR count). The van der Waals surface area contributed by atoms with Crippen LogP contribution in [0.3, 0.4) is 0 Å². The highest BCUT2D eigenvalue weighted by Crippen LogP contribution is 2.25. The fourth-order valence-electron chi connectivity index (χ4n) is 2.41. The first-order valence-corrected chi connectivity index (χ1v) is 6.22. The average Bonchev–Trinajstić information content (AvgIpc) is 2.57. The molecule has 1 aliphatic carbocycles. The van der Waals surface area contributed by atoms with E-state index in [-0.39, 0.29) is 5.92 Å². The van der Waals surface area contributed by atoms with Crippen molar-refractivity contribution in [1.82, 2.24) is 5.32 Å². The van der Waals surface area contributed by atoms with Crippen LogP contribution in [-0.2, 0) is 4.79 Å². The molecule has 0 saturated heterocycles. The number of hydrogen-bond acceptors (Lipinski definition) is 3. The van der Waals surface area contributed by atoms with Gasteiger partial charge >= 0.3 is 5.97 Å². The van der Waals surface area contributed by atoms with Gasteiger partial charge < -0.3 is 10.4 Å². The summed E-state index contributed by atoms with van der Waals surface area (Å²) in [6.07, 6.45) is 6.61. The van der Waals surface area contributed by atoms with Crippen LogP contribution < -0.4 is 5.32 Å². The smallest absolute Gasteiger partial charge is 0.320 e. The van der Waals surface area contributed by atoms with Crippen LogP contribution in [0, 0.1) is 5.92 Å². The zero-order chi connectivity index (χ0) is 12.5. The van der Waals surface area contributed by atoms with Crippen LogP contribution >= 0.6 is 0 Å². The van der Waals surface area contributed by atoms with Gasteiger partial charge in [0.2, 0.25) is 0 Å². The maximum Gasteiger partial charge on any atom is 0.320 e. The van der Waals surface area contributed by atoms with E-state index in [1.807, 2.05) is 0 Å². The van der Waals surface area contributed by atoms with Crippen molar-refractivity contribution in [3.8, 4) is 0 Å². The quantitative estimate of drug-likeness (QED) is 0.245. The van der Waals surface area contributed by atoms with Gasteiger partial charge in [-0.05, 0) is 24.3 Å². The number of rotatable bonds is 6. The molecule has 96 valence electrons. The third kappa shape index (κ3) is 5.06. The summed E-state index contributed by atoms with van der Waals surface area (Å²) in [5.74, 6) is -0.584. The van der Waals surface area contributed by atoms with Crippen LogP contribution in [0.2, 0.25) is 0 Å². The number of carboxylic acid groups (broad SMARTS) is 1. The highest BCUT2D eigenvalue weighted by atomic mass is 16.4. The van der Waals surface area contributed by atoms with Crippen molar-refractivity contribution in [2.24, 2.45) is 11.0 Å². The van der Waals surface area contributed by atoms with Crippen molar-refractivity contribution in [1.29, 1.82) is 0 Å². The molecule has 0 aromatic heterocycles. The minimum absolute atomic E-state index is 0.209. The number of aliphatic carboxylic acids is 1. The largest absolute Gasteiger partial charge is 0.480 e. The normalized spacial score (nSPS) is 19.1. The van der Waals surface area contributed by atoms with Crippen LogP contribution in [0.5, 0.6) is 0 Å². The SMILES string of the molecule is [N-]=[N+]=NCCNC(C(=O)O)C1CCCCCC1. The Hall–Kier alpha value is -1.26. The lowest BCUT2D eigenvalue weighted by atomic mass is 9.92. The fourth-order valence-corrected chi connectivity index (χ4v) is 2.41. The van der Waals surface area contributed by atoms with Gasteiger partial charge in [0.1, 0.15) is 6.04 Å². The van der Waals surface area contributed by atoms with Crippen molar-refractivity contribution in [2.45, 2.75) is 44.6 Å². The van der Waals surface area contributed by atoms with E-state index in [4.69, 9.17) is 5.53 Å². The third-order valence-corrected chi connectivity index (χ3v) is 3.28. The molecular weight excluding hydrogens is 220 g/mol. The molecule has 0 amide bonds. The molecule has 0 spiro atoms. The molecule has 0 aliphatic heterocycles. The Labute approximate surface area is 101 Å². The topological polar surface area (TPSA) is 98.1 Å². The van der Waals surface area contributed by atoms with E-state index in [1.54, 1.807) is 0 Å². The van der Waals surface area contributed by atoms with Crippen molar-refractivity contribution >= 4 is 5.97 Å². The number of nitrogens with one attached hydrogen (secondary N) is 1. The first-order chi connectivity index (χ1) is 8.25. The van der Waals surface area contributed by atoms with E-state index in [0.717, 1.165) is 25.7 Å². The van der Waals surface area contributed by atoms with Crippen molar-refractivity contribution in [2.75, 3.05) is 13.1 Å². The first kappa shape index (κ1) is 13.8. The molecule has 2 N–H and O–H groups in total. The molecule has 17 heavy (non-hydrogen) atoms. The molecule has 1 unspecified atom stereocenters. The van der Waals surface area contributed by atoms with E-state index in [9.17, 15) is 9.90 Å². The van der Waals surface area contributed by atoms with Gasteiger partial charge in [-0.15, -0.1) is 0 Å². The summed E-state index contributed by atoms with van der Waals surface area (Å²) < 4.78 is 0. The lowest BCUT2D eigenvalue weighted by Gasteiger charge is -2.23. The number of azide groups is 1. The summed E-state index contributed by atoms with van der Waals surface area (Å²) in [6.45, 7) is 0.727. The number of carbonyl (C=O) groups is 1. The first-order valence-electron chi connectivity index (χ1n) is 6.22. The molecule has 1 fully saturated rings. The Balaban J connectivity index is 2.45. The highest BCUT2D eigenvalue weighted by Gasteiger charge is 2.27. The zero-order valence-electron chi connectivity index (χ0n) is 10.0. The number of carboxylic acids is 1. The molecule has 0 aromatic rings. The monoisotopic (exact) mass is 240 g/mol. The third-order valence-electron chi connectivity index (χ3n) is 3.28. The molecule has 0 aromatic carbocycles. The van der Waals surface area contributed by atoms with Gasteiger partial charge in [-0.25, -0.2) is 0 Å². The standard InChI is InChI=1S/C11H20N4O2/c12-15-14-8-7-13-10(11(16)17)9-5-3-1-2-4-6-9/h9-10,13H,1-8H2,(H,16,17). The van der Waals surface area contributed by atoms with Gasteiger partial charge in [-0.2, -0.15) is 0 Å². The predicted molar refractivity (Wildman–Crippen MR) is 64.6 cm³/mol.